The van der Waals surface area contributed by atoms with Gasteiger partial charge in [0.1, 0.15) is 5.75 Å². The van der Waals surface area contributed by atoms with E-state index in [-0.39, 0.29) is 5.75 Å². The zero-order valence-electron chi connectivity index (χ0n) is 13.5. The minimum Gasteiger partial charge on any atom is -0.508 e. The molecule has 4 aromatic rings. The summed E-state index contributed by atoms with van der Waals surface area (Å²) in [5.41, 5.74) is 6.47. The molecule has 124 valence electrons. The Labute approximate surface area is 149 Å². The van der Waals surface area contributed by atoms with Gasteiger partial charge < -0.3 is 5.11 Å². The number of benzene rings is 2. The Morgan fingerprint density at radius 1 is 1.04 bits per heavy atom. The minimum absolute atomic E-state index is 0.170. The molecular formula is C20H16ClN3O. The van der Waals surface area contributed by atoms with Crippen molar-refractivity contribution < 1.29 is 5.11 Å². The van der Waals surface area contributed by atoms with E-state index in [0.29, 0.717) is 5.02 Å². The second-order valence-electron chi connectivity index (χ2n) is 6.58. The number of H-pyrrole nitrogens is 1. The van der Waals surface area contributed by atoms with E-state index in [1.54, 1.807) is 12.1 Å². The van der Waals surface area contributed by atoms with E-state index >= 15 is 0 Å². The van der Waals surface area contributed by atoms with E-state index in [1.165, 1.54) is 22.9 Å². The minimum atomic E-state index is 0.170. The van der Waals surface area contributed by atoms with Crippen LogP contribution in [0.3, 0.4) is 0 Å². The number of nitrogens with one attached hydrogen (secondary N) is 1. The lowest BCUT2D eigenvalue weighted by molar-refractivity contribution is 0.475. The van der Waals surface area contributed by atoms with Crippen LogP contribution in [0.1, 0.15) is 24.0 Å². The molecule has 0 unspecified atom stereocenters. The molecule has 2 aromatic heterocycles. The van der Waals surface area contributed by atoms with Crippen molar-refractivity contribution in [3.63, 3.8) is 0 Å². The Bertz CT molecular complexity index is 1130. The van der Waals surface area contributed by atoms with Crippen molar-refractivity contribution in [3.05, 3.63) is 52.7 Å². The summed E-state index contributed by atoms with van der Waals surface area (Å²) in [7, 11) is 0. The fourth-order valence-corrected chi connectivity index (χ4v) is 4.23. The molecule has 5 rings (SSSR count). The van der Waals surface area contributed by atoms with Gasteiger partial charge in [-0.15, -0.1) is 0 Å². The van der Waals surface area contributed by atoms with Crippen LogP contribution < -0.4 is 0 Å². The summed E-state index contributed by atoms with van der Waals surface area (Å²) in [4.78, 5) is 4.97. The molecule has 1 aliphatic rings. The summed E-state index contributed by atoms with van der Waals surface area (Å²) in [6, 6.07) is 9.17. The largest absolute Gasteiger partial charge is 0.508 e. The van der Waals surface area contributed by atoms with Gasteiger partial charge in [0.15, 0.2) is 0 Å². The lowest BCUT2D eigenvalue weighted by atomic mass is 9.85. The molecule has 0 bridgehead atoms. The number of halogens is 1. The normalized spacial score (nSPS) is 14.1. The Balaban J connectivity index is 1.90. The van der Waals surface area contributed by atoms with Crippen LogP contribution in [0.5, 0.6) is 5.75 Å². The molecule has 1 aliphatic carbocycles. The molecule has 0 atom stereocenters. The third-order valence-electron chi connectivity index (χ3n) is 5.10. The monoisotopic (exact) mass is 349 g/mol. The number of pyridine rings is 1. The van der Waals surface area contributed by atoms with Crippen molar-refractivity contribution in [2.24, 2.45) is 0 Å². The van der Waals surface area contributed by atoms with Crippen LogP contribution in [-0.4, -0.2) is 20.3 Å². The Kier molecular flexibility index (Phi) is 3.22. The van der Waals surface area contributed by atoms with Gasteiger partial charge in [-0.25, -0.2) is 4.98 Å². The topological polar surface area (TPSA) is 61.8 Å². The number of fused-ring (bicyclic) bond motifs is 5. The predicted octanol–water partition coefficient (Wildman–Crippen LogP) is 5.02. The molecule has 2 heterocycles. The van der Waals surface area contributed by atoms with Crippen LogP contribution in [0.4, 0.5) is 0 Å². The van der Waals surface area contributed by atoms with E-state index in [0.717, 1.165) is 46.9 Å². The smallest absolute Gasteiger partial charge is 0.117 e. The average Bonchev–Trinajstić information content (AvgIpc) is 3.10. The van der Waals surface area contributed by atoms with Gasteiger partial charge in [-0.2, -0.15) is 5.10 Å². The quantitative estimate of drug-likeness (QED) is 0.507. The highest BCUT2D eigenvalue weighted by atomic mass is 35.5. The van der Waals surface area contributed by atoms with Crippen molar-refractivity contribution in [2.75, 3.05) is 0 Å². The highest BCUT2D eigenvalue weighted by Crippen LogP contribution is 2.40. The average molecular weight is 350 g/mol. The molecule has 2 aromatic carbocycles. The van der Waals surface area contributed by atoms with Gasteiger partial charge in [-0.3, -0.25) is 5.10 Å². The number of phenols is 1. The van der Waals surface area contributed by atoms with Crippen molar-refractivity contribution in [1.29, 1.82) is 0 Å². The molecule has 0 amide bonds. The number of rotatable bonds is 1. The van der Waals surface area contributed by atoms with Gasteiger partial charge in [0, 0.05) is 16.3 Å². The van der Waals surface area contributed by atoms with Gasteiger partial charge >= 0.3 is 0 Å². The first-order valence-corrected chi connectivity index (χ1v) is 8.86. The lowest BCUT2D eigenvalue weighted by Gasteiger charge is -2.22. The summed E-state index contributed by atoms with van der Waals surface area (Å²) in [6.07, 6.45) is 6.27. The Morgan fingerprint density at radius 2 is 1.88 bits per heavy atom. The number of hydrogen-bond donors (Lipinski definition) is 2. The molecular weight excluding hydrogens is 334 g/mol. The van der Waals surface area contributed by atoms with Crippen LogP contribution in [0.25, 0.3) is 33.1 Å². The first kappa shape index (κ1) is 14.7. The highest BCUT2D eigenvalue weighted by molar-refractivity contribution is 6.33. The number of aryl methyl sites for hydroxylation is 1. The maximum absolute atomic E-state index is 9.67. The fraction of sp³-hybridized carbons (Fsp3) is 0.200. The van der Waals surface area contributed by atoms with Gasteiger partial charge in [0.05, 0.1) is 27.9 Å². The molecule has 0 fully saturated rings. The zero-order chi connectivity index (χ0) is 17.0. The highest BCUT2D eigenvalue weighted by Gasteiger charge is 2.22. The van der Waals surface area contributed by atoms with Gasteiger partial charge in [-0.1, -0.05) is 11.6 Å². The maximum Gasteiger partial charge on any atom is 0.117 e. The van der Waals surface area contributed by atoms with E-state index in [9.17, 15) is 5.11 Å². The van der Waals surface area contributed by atoms with Crippen molar-refractivity contribution in [3.8, 4) is 17.0 Å². The second-order valence-corrected chi connectivity index (χ2v) is 6.99. The number of aromatic amines is 1. The van der Waals surface area contributed by atoms with Gasteiger partial charge in [0.2, 0.25) is 0 Å². The molecule has 2 N–H and O–H groups in total. The molecule has 0 saturated carbocycles. The number of nitrogens with zero attached hydrogens (tertiary/aromatic N) is 2. The van der Waals surface area contributed by atoms with E-state index in [4.69, 9.17) is 16.6 Å². The van der Waals surface area contributed by atoms with Crippen LogP contribution in [0.2, 0.25) is 5.02 Å². The molecule has 0 saturated heterocycles. The summed E-state index contributed by atoms with van der Waals surface area (Å²) in [5, 5.41) is 19.8. The summed E-state index contributed by atoms with van der Waals surface area (Å²) >= 11 is 6.42. The van der Waals surface area contributed by atoms with Crippen molar-refractivity contribution in [1.82, 2.24) is 15.2 Å². The second kappa shape index (κ2) is 5.46. The zero-order valence-corrected chi connectivity index (χ0v) is 14.3. The molecule has 25 heavy (non-hydrogen) atoms. The standard InChI is InChI=1S/C20H16ClN3O/c21-16-9-11(25)5-6-14(16)20-13-4-2-1-3-12(13)19-15-10-22-24-17(15)7-8-18(19)23-20/h5-10,25H,1-4H2,(H,22,24). The third kappa shape index (κ3) is 2.21. The van der Waals surface area contributed by atoms with Gasteiger partial charge in [0.25, 0.3) is 0 Å². The summed E-state index contributed by atoms with van der Waals surface area (Å²) in [6.45, 7) is 0. The van der Waals surface area contributed by atoms with E-state index < -0.39 is 0 Å². The first-order valence-electron chi connectivity index (χ1n) is 8.49. The van der Waals surface area contributed by atoms with Crippen LogP contribution in [-0.2, 0) is 12.8 Å². The first-order chi connectivity index (χ1) is 12.2. The van der Waals surface area contributed by atoms with E-state index in [2.05, 4.69) is 10.2 Å². The van der Waals surface area contributed by atoms with Crippen molar-refractivity contribution >= 4 is 33.4 Å². The van der Waals surface area contributed by atoms with Crippen LogP contribution in [0, 0.1) is 0 Å². The third-order valence-corrected chi connectivity index (χ3v) is 5.41. The molecule has 4 nitrogen and oxygen atoms in total. The summed E-state index contributed by atoms with van der Waals surface area (Å²) in [5.74, 6) is 0.170. The number of aromatic hydroxyl groups is 1. The fourth-order valence-electron chi connectivity index (χ4n) is 3.97. The van der Waals surface area contributed by atoms with E-state index in [1.807, 2.05) is 24.4 Å². The summed E-state index contributed by atoms with van der Waals surface area (Å²) < 4.78 is 0. The molecule has 0 spiro atoms. The van der Waals surface area contributed by atoms with Gasteiger partial charge in [-0.05, 0) is 67.1 Å². The Morgan fingerprint density at radius 3 is 2.72 bits per heavy atom. The van der Waals surface area contributed by atoms with Crippen LogP contribution >= 0.6 is 11.6 Å². The number of aromatic nitrogens is 3. The van der Waals surface area contributed by atoms with Crippen LogP contribution in [0.15, 0.2) is 36.5 Å². The van der Waals surface area contributed by atoms with Crippen molar-refractivity contribution in [2.45, 2.75) is 25.7 Å². The molecule has 0 aliphatic heterocycles. The number of phenolic OH excluding ortho intramolecular Hbond substituents is 1. The molecule has 0 radical (unpaired) electrons. The maximum atomic E-state index is 9.67. The predicted molar refractivity (Wildman–Crippen MR) is 100 cm³/mol. The Hall–Kier alpha value is -2.59. The molecule has 5 heteroatoms. The lowest BCUT2D eigenvalue weighted by Crippen LogP contribution is -2.08. The SMILES string of the molecule is Oc1ccc(-c2nc3ccc4[nH]ncc4c3c3c2CCCC3)c(Cl)c1. The number of hydrogen-bond acceptors (Lipinski definition) is 3.